The molecule has 0 radical (unpaired) electrons. The van der Waals surface area contributed by atoms with Crippen LogP contribution in [0.2, 0.25) is 10.0 Å². The van der Waals surface area contributed by atoms with Crippen LogP contribution in [0.3, 0.4) is 0 Å². The summed E-state index contributed by atoms with van der Waals surface area (Å²) in [5, 5.41) is 12.4. The first kappa shape index (κ1) is 20.0. The number of carboxylic acid groups (broad SMARTS) is 1. The summed E-state index contributed by atoms with van der Waals surface area (Å²) in [5.41, 5.74) is 3.89. The average Bonchev–Trinajstić information content (AvgIpc) is 2.54. The highest BCUT2D eigenvalue weighted by molar-refractivity contribution is 6.35. The number of benzene rings is 2. The number of nitrogens with one attached hydrogen (secondary N) is 1. The van der Waals surface area contributed by atoms with E-state index in [0.29, 0.717) is 15.7 Å². The molecule has 2 aromatic rings. The van der Waals surface area contributed by atoms with Crippen LogP contribution < -0.4 is 5.32 Å². The quantitative estimate of drug-likeness (QED) is 0.621. The van der Waals surface area contributed by atoms with Gasteiger partial charge in [0.1, 0.15) is 0 Å². The van der Waals surface area contributed by atoms with Crippen molar-refractivity contribution >= 4 is 35.0 Å². The minimum Gasteiger partial charge on any atom is -0.465 e. The molecule has 1 fully saturated rings. The standard InChI is InChI=1S/C17H16Cl2N2O2.C4H8/c1-21-8-14(10-2-4-12(5-3-10)20-17(22)23)13-6-11(18)7-16(19)15(13)9-21;1-2-4-3-1/h2-7,14,20H,8-9H2,1H3,(H,22,23);1-4H2. The number of nitrogens with zero attached hydrogens (tertiary/aromatic N) is 1. The molecule has 2 aromatic carbocycles. The summed E-state index contributed by atoms with van der Waals surface area (Å²) in [5.74, 6) is 0.152. The topological polar surface area (TPSA) is 52.6 Å². The summed E-state index contributed by atoms with van der Waals surface area (Å²) in [4.78, 5) is 12.9. The fourth-order valence-electron chi connectivity index (χ4n) is 3.30. The summed E-state index contributed by atoms with van der Waals surface area (Å²) >= 11 is 12.5. The highest BCUT2D eigenvalue weighted by Crippen LogP contribution is 2.38. The van der Waals surface area contributed by atoms with Crippen molar-refractivity contribution in [1.29, 1.82) is 0 Å². The predicted octanol–water partition coefficient (Wildman–Crippen LogP) is 6.22. The molecule has 1 atom stereocenters. The summed E-state index contributed by atoms with van der Waals surface area (Å²) in [6, 6.07) is 11.2. The molecule has 0 bridgehead atoms. The first-order valence-corrected chi connectivity index (χ1v) is 9.96. The van der Waals surface area contributed by atoms with E-state index in [1.165, 1.54) is 25.7 Å². The van der Waals surface area contributed by atoms with E-state index in [9.17, 15) is 4.79 Å². The highest BCUT2D eigenvalue weighted by Gasteiger charge is 2.27. The molecule has 1 aliphatic heterocycles. The second kappa shape index (κ2) is 8.96. The molecule has 0 spiro atoms. The van der Waals surface area contributed by atoms with Crippen LogP contribution in [-0.2, 0) is 6.54 Å². The molecule has 1 aliphatic carbocycles. The Kier molecular flexibility index (Phi) is 6.64. The van der Waals surface area contributed by atoms with Gasteiger partial charge in [0.05, 0.1) is 0 Å². The SMILES string of the molecule is C1CCC1.CN1Cc2c(Cl)cc(Cl)cc2C(c2ccc(NC(=O)O)cc2)C1. The van der Waals surface area contributed by atoms with Crippen molar-refractivity contribution in [3.05, 3.63) is 63.1 Å². The first-order valence-electron chi connectivity index (χ1n) is 9.20. The molecule has 2 aliphatic rings. The maximum absolute atomic E-state index is 10.7. The van der Waals surface area contributed by atoms with E-state index in [4.69, 9.17) is 28.3 Å². The molecular formula is C21H24Cl2N2O2. The second-order valence-corrected chi connectivity index (χ2v) is 8.01. The minimum absolute atomic E-state index is 0.152. The lowest BCUT2D eigenvalue weighted by molar-refractivity contribution is 0.210. The van der Waals surface area contributed by atoms with Crippen LogP contribution in [-0.4, -0.2) is 29.7 Å². The number of rotatable bonds is 2. The number of likely N-dealkylation sites (N-methyl/N-ethyl adjacent to an activating group) is 1. The summed E-state index contributed by atoms with van der Waals surface area (Å²) in [6.45, 7) is 1.65. The molecule has 1 heterocycles. The van der Waals surface area contributed by atoms with E-state index in [2.05, 4.69) is 17.3 Å². The zero-order valence-corrected chi connectivity index (χ0v) is 16.9. The van der Waals surface area contributed by atoms with Gasteiger partial charge in [-0.25, -0.2) is 4.79 Å². The number of hydrogen-bond donors (Lipinski definition) is 2. The van der Waals surface area contributed by atoms with Crippen molar-refractivity contribution in [3.63, 3.8) is 0 Å². The Bertz CT molecular complexity index is 801. The van der Waals surface area contributed by atoms with Gasteiger partial charge in [0, 0.05) is 34.7 Å². The first-order chi connectivity index (χ1) is 12.9. The lowest BCUT2D eigenvalue weighted by Gasteiger charge is -2.33. The van der Waals surface area contributed by atoms with Crippen LogP contribution in [0.1, 0.15) is 48.3 Å². The number of amides is 1. The lowest BCUT2D eigenvalue weighted by Crippen LogP contribution is -2.31. The molecule has 4 nitrogen and oxygen atoms in total. The molecule has 0 saturated heterocycles. The molecule has 144 valence electrons. The van der Waals surface area contributed by atoms with Gasteiger partial charge in [-0.3, -0.25) is 5.32 Å². The zero-order chi connectivity index (χ0) is 19.4. The molecule has 27 heavy (non-hydrogen) atoms. The van der Waals surface area contributed by atoms with Crippen LogP contribution in [0, 0.1) is 0 Å². The van der Waals surface area contributed by atoms with Gasteiger partial charge in [0.25, 0.3) is 0 Å². The third kappa shape index (κ3) is 5.16. The third-order valence-electron chi connectivity index (χ3n) is 5.06. The minimum atomic E-state index is -1.07. The van der Waals surface area contributed by atoms with Crippen LogP contribution in [0.5, 0.6) is 0 Å². The maximum atomic E-state index is 10.7. The van der Waals surface area contributed by atoms with Crippen LogP contribution >= 0.6 is 23.2 Å². The van der Waals surface area contributed by atoms with Crippen LogP contribution in [0.25, 0.3) is 0 Å². The van der Waals surface area contributed by atoms with E-state index in [-0.39, 0.29) is 5.92 Å². The van der Waals surface area contributed by atoms with Gasteiger partial charge in [-0.15, -0.1) is 0 Å². The summed E-state index contributed by atoms with van der Waals surface area (Å²) in [7, 11) is 2.06. The van der Waals surface area contributed by atoms with Crippen molar-refractivity contribution in [2.24, 2.45) is 0 Å². The lowest BCUT2D eigenvalue weighted by atomic mass is 9.85. The number of hydrogen-bond acceptors (Lipinski definition) is 2. The Morgan fingerprint density at radius 1 is 1.11 bits per heavy atom. The number of anilines is 1. The summed E-state index contributed by atoms with van der Waals surface area (Å²) in [6.07, 6.45) is 4.93. The second-order valence-electron chi connectivity index (χ2n) is 7.17. The smallest absolute Gasteiger partial charge is 0.409 e. The van der Waals surface area contributed by atoms with Crippen molar-refractivity contribution in [2.75, 3.05) is 18.9 Å². The number of carbonyl (C=O) groups is 1. The van der Waals surface area contributed by atoms with Gasteiger partial charge in [0.15, 0.2) is 0 Å². The molecule has 1 unspecified atom stereocenters. The largest absolute Gasteiger partial charge is 0.465 e. The van der Waals surface area contributed by atoms with Gasteiger partial charge < -0.3 is 10.0 Å². The molecule has 6 heteroatoms. The maximum Gasteiger partial charge on any atom is 0.409 e. The van der Waals surface area contributed by atoms with Crippen molar-refractivity contribution in [3.8, 4) is 0 Å². The van der Waals surface area contributed by atoms with Gasteiger partial charge in [-0.05, 0) is 48.0 Å². The van der Waals surface area contributed by atoms with E-state index in [1.807, 2.05) is 18.2 Å². The number of fused-ring (bicyclic) bond motifs is 1. The number of halogens is 2. The van der Waals surface area contributed by atoms with Crippen molar-refractivity contribution in [1.82, 2.24) is 4.90 Å². The Hall–Kier alpha value is -1.75. The Labute approximate surface area is 170 Å². The fraction of sp³-hybridized carbons (Fsp3) is 0.381. The average molecular weight is 407 g/mol. The van der Waals surface area contributed by atoms with Crippen molar-refractivity contribution in [2.45, 2.75) is 38.1 Å². The normalized spacial score (nSPS) is 18.6. The Morgan fingerprint density at radius 3 is 2.30 bits per heavy atom. The van der Waals surface area contributed by atoms with E-state index in [0.717, 1.165) is 29.8 Å². The van der Waals surface area contributed by atoms with Crippen LogP contribution in [0.4, 0.5) is 10.5 Å². The fourth-order valence-corrected chi connectivity index (χ4v) is 3.87. The van der Waals surface area contributed by atoms with E-state index in [1.54, 1.807) is 18.2 Å². The molecule has 2 N–H and O–H groups in total. The van der Waals surface area contributed by atoms with Gasteiger partial charge >= 0.3 is 6.09 Å². The third-order valence-corrected chi connectivity index (χ3v) is 5.61. The molecule has 4 rings (SSSR count). The van der Waals surface area contributed by atoms with E-state index >= 15 is 0 Å². The van der Waals surface area contributed by atoms with Gasteiger partial charge in [-0.1, -0.05) is 61.0 Å². The van der Waals surface area contributed by atoms with Crippen molar-refractivity contribution < 1.29 is 9.90 Å². The predicted molar refractivity (Wildman–Crippen MR) is 111 cm³/mol. The van der Waals surface area contributed by atoms with E-state index < -0.39 is 6.09 Å². The Morgan fingerprint density at radius 2 is 1.74 bits per heavy atom. The molecule has 1 saturated carbocycles. The van der Waals surface area contributed by atoms with Gasteiger partial charge in [0.2, 0.25) is 0 Å². The molecule has 1 amide bonds. The summed E-state index contributed by atoms with van der Waals surface area (Å²) < 4.78 is 0. The molecule has 0 aromatic heterocycles. The van der Waals surface area contributed by atoms with Crippen LogP contribution in [0.15, 0.2) is 36.4 Å². The zero-order valence-electron chi connectivity index (χ0n) is 15.3. The molecular weight excluding hydrogens is 383 g/mol. The monoisotopic (exact) mass is 406 g/mol. The Balaban J connectivity index is 0.000000466. The highest BCUT2D eigenvalue weighted by atomic mass is 35.5. The van der Waals surface area contributed by atoms with Gasteiger partial charge in [-0.2, -0.15) is 0 Å².